The topological polar surface area (TPSA) is 91.0 Å². The molecule has 0 amide bonds. The van der Waals surface area contributed by atoms with Crippen LogP contribution in [-0.4, -0.2) is 33.1 Å². The van der Waals surface area contributed by atoms with Crippen LogP contribution in [0.2, 0.25) is 0 Å². The molecule has 4 aromatic rings. The molecule has 0 bridgehead atoms. The first-order valence-corrected chi connectivity index (χ1v) is 9.88. The number of nitrogens with one attached hydrogen (secondary N) is 2. The van der Waals surface area contributed by atoms with Crippen molar-refractivity contribution in [3.63, 3.8) is 0 Å². The smallest absolute Gasteiger partial charge is 0.307 e. The van der Waals surface area contributed by atoms with E-state index in [0.29, 0.717) is 0 Å². The van der Waals surface area contributed by atoms with E-state index in [1.54, 1.807) is 19.4 Å². The van der Waals surface area contributed by atoms with Crippen molar-refractivity contribution in [3.8, 4) is 11.1 Å². The van der Waals surface area contributed by atoms with Crippen LogP contribution in [-0.2, 0) is 16.0 Å². The van der Waals surface area contributed by atoms with E-state index in [4.69, 9.17) is 4.74 Å². The number of rotatable bonds is 7. The third kappa shape index (κ3) is 3.75. The third-order valence-electron chi connectivity index (χ3n) is 5.31. The molecular weight excluding hydrogens is 390 g/mol. The molecule has 0 atom stereocenters. The van der Waals surface area contributed by atoms with Gasteiger partial charge in [0.1, 0.15) is 11.4 Å². The SMILES string of the molecule is C=C/C=C(OC)\C(=C/C)c1c[nH]c2ncc(-c3ccc4[nH]cc(CC(=O)O)c4c3)cc12. The zero-order valence-electron chi connectivity index (χ0n) is 17.4. The Morgan fingerprint density at radius 2 is 2.00 bits per heavy atom. The average molecular weight is 413 g/mol. The van der Waals surface area contributed by atoms with Gasteiger partial charge in [-0.15, -0.1) is 0 Å². The molecule has 6 nitrogen and oxygen atoms in total. The zero-order valence-corrected chi connectivity index (χ0v) is 17.4. The molecule has 0 unspecified atom stereocenters. The lowest BCUT2D eigenvalue weighted by Crippen LogP contribution is -1.98. The van der Waals surface area contributed by atoms with Gasteiger partial charge in [0.15, 0.2) is 0 Å². The van der Waals surface area contributed by atoms with E-state index in [9.17, 15) is 9.90 Å². The number of carboxylic acid groups (broad SMARTS) is 1. The van der Waals surface area contributed by atoms with Gasteiger partial charge in [-0.05, 0) is 42.3 Å². The number of hydrogen-bond acceptors (Lipinski definition) is 3. The van der Waals surface area contributed by atoms with Crippen molar-refractivity contribution in [2.24, 2.45) is 0 Å². The van der Waals surface area contributed by atoms with Crippen LogP contribution >= 0.6 is 0 Å². The standard InChI is InChI=1S/C25H23N3O3/c1-4-6-23(31-3)18(5-2)21-14-28-25-20(21)10-16(12-27-25)15-7-8-22-19(9-15)17(13-26-22)11-24(29)30/h4-10,12-14,26H,1,11H2,2-3H3,(H,27,28)(H,29,30)/b18-5-,23-6+. The van der Waals surface area contributed by atoms with Gasteiger partial charge >= 0.3 is 5.97 Å². The van der Waals surface area contributed by atoms with Crippen LogP contribution in [0.4, 0.5) is 0 Å². The van der Waals surface area contributed by atoms with Gasteiger partial charge in [-0.25, -0.2) is 4.98 Å². The second-order valence-corrected chi connectivity index (χ2v) is 7.14. The molecule has 0 spiro atoms. The number of pyridine rings is 1. The summed E-state index contributed by atoms with van der Waals surface area (Å²) in [5, 5.41) is 11.1. The number of fused-ring (bicyclic) bond motifs is 2. The van der Waals surface area contributed by atoms with E-state index in [1.165, 1.54) is 0 Å². The minimum Gasteiger partial charge on any atom is -0.496 e. The van der Waals surface area contributed by atoms with Gasteiger partial charge in [-0.1, -0.05) is 24.8 Å². The number of aromatic nitrogens is 3. The van der Waals surface area contributed by atoms with Crippen LogP contribution < -0.4 is 0 Å². The summed E-state index contributed by atoms with van der Waals surface area (Å²) in [7, 11) is 1.64. The number of carboxylic acids is 1. The zero-order chi connectivity index (χ0) is 22.0. The first-order chi connectivity index (χ1) is 15.0. The van der Waals surface area contributed by atoms with Crippen molar-refractivity contribution >= 4 is 33.5 Å². The largest absolute Gasteiger partial charge is 0.496 e. The summed E-state index contributed by atoms with van der Waals surface area (Å²) in [6, 6.07) is 8.07. The molecule has 0 aliphatic rings. The lowest BCUT2D eigenvalue weighted by molar-refractivity contribution is -0.136. The summed E-state index contributed by atoms with van der Waals surface area (Å²) in [5.41, 5.74) is 6.29. The quantitative estimate of drug-likeness (QED) is 0.277. The summed E-state index contributed by atoms with van der Waals surface area (Å²) in [4.78, 5) is 22.2. The number of allylic oxidation sites excluding steroid dienone is 4. The van der Waals surface area contributed by atoms with Crippen LogP contribution in [0.5, 0.6) is 0 Å². The second kappa shape index (κ2) is 8.36. The summed E-state index contributed by atoms with van der Waals surface area (Å²) < 4.78 is 5.55. The van der Waals surface area contributed by atoms with E-state index in [2.05, 4.69) is 27.6 Å². The Morgan fingerprint density at radius 1 is 1.19 bits per heavy atom. The molecule has 4 rings (SSSR count). The highest BCUT2D eigenvalue weighted by molar-refractivity contribution is 5.97. The van der Waals surface area contributed by atoms with E-state index in [0.717, 1.165) is 55.5 Å². The summed E-state index contributed by atoms with van der Waals surface area (Å²) in [5.74, 6) is -0.136. The first kappa shape index (κ1) is 20.2. The number of aliphatic carboxylic acids is 1. The molecular formula is C25H23N3O3. The highest BCUT2D eigenvalue weighted by Crippen LogP contribution is 2.33. The van der Waals surface area contributed by atoms with Gasteiger partial charge in [0.05, 0.1) is 13.5 Å². The van der Waals surface area contributed by atoms with Crippen LogP contribution in [0.3, 0.4) is 0 Å². The molecule has 0 aliphatic carbocycles. The monoisotopic (exact) mass is 413 g/mol. The van der Waals surface area contributed by atoms with Crippen molar-refractivity contribution in [1.82, 2.24) is 15.0 Å². The van der Waals surface area contributed by atoms with Crippen LogP contribution in [0.15, 0.2) is 73.4 Å². The number of hydrogen-bond donors (Lipinski definition) is 3. The van der Waals surface area contributed by atoms with E-state index in [1.807, 2.05) is 49.7 Å². The third-order valence-corrected chi connectivity index (χ3v) is 5.31. The summed E-state index contributed by atoms with van der Waals surface area (Å²) in [6.45, 7) is 5.73. The molecule has 0 saturated heterocycles. The molecule has 0 radical (unpaired) electrons. The minimum absolute atomic E-state index is 0.0250. The minimum atomic E-state index is -0.855. The van der Waals surface area contributed by atoms with E-state index < -0.39 is 5.97 Å². The van der Waals surface area contributed by atoms with Crippen molar-refractivity contribution < 1.29 is 14.6 Å². The molecule has 0 aliphatic heterocycles. The molecule has 156 valence electrons. The Kier molecular flexibility index (Phi) is 5.45. The molecule has 6 heteroatoms. The lowest BCUT2D eigenvalue weighted by atomic mass is 9.99. The lowest BCUT2D eigenvalue weighted by Gasteiger charge is -2.10. The highest BCUT2D eigenvalue weighted by Gasteiger charge is 2.15. The highest BCUT2D eigenvalue weighted by atomic mass is 16.5. The summed E-state index contributed by atoms with van der Waals surface area (Å²) >= 11 is 0. The fraction of sp³-hybridized carbons (Fsp3) is 0.120. The van der Waals surface area contributed by atoms with Gasteiger partial charge in [-0.2, -0.15) is 0 Å². The maximum atomic E-state index is 11.2. The molecule has 1 aromatic carbocycles. The first-order valence-electron chi connectivity index (χ1n) is 9.88. The second-order valence-electron chi connectivity index (χ2n) is 7.14. The van der Waals surface area contributed by atoms with Crippen LogP contribution in [0.25, 0.3) is 38.6 Å². The molecule has 3 N–H and O–H groups in total. The molecule has 0 fully saturated rings. The van der Waals surface area contributed by atoms with E-state index in [-0.39, 0.29) is 6.42 Å². The predicted octanol–water partition coefficient (Wildman–Crippen LogP) is 5.46. The van der Waals surface area contributed by atoms with Crippen molar-refractivity contribution in [1.29, 1.82) is 0 Å². The number of carbonyl (C=O) groups is 1. The Hall–Kier alpha value is -4.06. The fourth-order valence-electron chi connectivity index (χ4n) is 3.86. The van der Waals surface area contributed by atoms with Gasteiger partial charge in [-0.3, -0.25) is 4.79 Å². The Bertz CT molecular complexity index is 1360. The maximum absolute atomic E-state index is 11.2. The number of H-pyrrole nitrogens is 2. The van der Waals surface area contributed by atoms with Crippen LogP contribution in [0.1, 0.15) is 18.1 Å². The number of nitrogens with zero attached hydrogens (tertiary/aromatic N) is 1. The fourth-order valence-corrected chi connectivity index (χ4v) is 3.86. The number of methoxy groups -OCH3 is 1. The average Bonchev–Trinajstić information content (AvgIpc) is 3.37. The number of benzene rings is 1. The normalized spacial score (nSPS) is 12.5. The summed E-state index contributed by atoms with van der Waals surface area (Å²) in [6.07, 6.45) is 11.0. The van der Waals surface area contributed by atoms with Gasteiger partial charge in [0.2, 0.25) is 0 Å². The number of aromatic amines is 2. The van der Waals surface area contributed by atoms with Crippen molar-refractivity contribution in [2.75, 3.05) is 7.11 Å². The maximum Gasteiger partial charge on any atom is 0.307 e. The molecule has 31 heavy (non-hydrogen) atoms. The Morgan fingerprint density at radius 3 is 2.71 bits per heavy atom. The number of ether oxygens (including phenoxy) is 1. The molecule has 3 heterocycles. The molecule has 3 aromatic heterocycles. The van der Waals surface area contributed by atoms with Crippen molar-refractivity contribution in [2.45, 2.75) is 13.3 Å². The molecule has 0 saturated carbocycles. The van der Waals surface area contributed by atoms with E-state index >= 15 is 0 Å². The Balaban J connectivity index is 1.83. The van der Waals surface area contributed by atoms with Gasteiger partial charge in [0, 0.05) is 51.6 Å². The Labute approximate surface area is 179 Å². The van der Waals surface area contributed by atoms with Crippen molar-refractivity contribution in [3.05, 3.63) is 84.5 Å². The van der Waals surface area contributed by atoms with Gasteiger partial charge in [0.25, 0.3) is 0 Å². The van der Waals surface area contributed by atoms with Gasteiger partial charge < -0.3 is 19.8 Å². The predicted molar refractivity (Wildman–Crippen MR) is 124 cm³/mol. The van der Waals surface area contributed by atoms with Crippen LogP contribution in [0, 0.1) is 0 Å².